The Morgan fingerprint density at radius 1 is 1.38 bits per heavy atom. The molecule has 2 aromatic rings. The van der Waals surface area contributed by atoms with E-state index in [1.165, 1.54) is 11.1 Å². The second-order valence-corrected chi connectivity index (χ2v) is 4.86. The number of pyridine rings is 1. The van der Waals surface area contributed by atoms with Crippen LogP contribution < -0.4 is 16.0 Å². The first-order valence-corrected chi connectivity index (χ1v) is 6.49. The van der Waals surface area contributed by atoms with E-state index in [9.17, 15) is 9.59 Å². The molecule has 0 saturated heterocycles. The SMILES string of the molecule is Cc1ncc(N)cc1C(=O)N1CC(=O)Nc2ccccc21. The first kappa shape index (κ1) is 13.1. The molecule has 1 aliphatic rings. The standard InChI is InChI=1S/C15H14N4O2/c1-9-11(6-10(16)7-17-9)15(21)19-8-14(20)18-12-4-2-3-5-13(12)19/h2-7H,8,16H2,1H3,(H,18,20). The average Bonchev–Trinajstić information content (AvgIpc) is 2.48. The maximum Gasteiger partial charge on any atom is 0.260 e. The van der Waals surface area contributed by atoms with Crippen LogP contribution in [0.25, 0.3) is 0 Å². The van der Waals surface area contributed by atoms with Gasteiger partial charge >= 0.3 is 0 Å². The molecule has 0 unspecified atom stereocenters. The van der Waals surface area contributed by atoms with Crippen LogP contribution >= 0.6 is 0 Å². The molecule has 0 spiro atoms. The average molecular weight is 282 g/mol. The third kappa shape index (κ3) is 2.31. The van der Waals surface area contributed by atoms with Crippen LogP contribution in [0.15, 0.2) is 36.5 Å². The molecule has 1 aromatic heterocycles. The minimum atomic E-state index is -0.283. The number of aromatic nitrogens is 1. The van der Waals surface area contributed by atoms with Crippen LogP contribution in [-0.2, 0) is 4.79 Å². The summed E-state index contributed by atoms with van der Waals surface area (Å²) in [6.45, 7) is 1.71. The number of carbonyl (C=O) groups is 2. The maximum absolute atomic E-state index is 12.7. The van der Waals surface area contributed by atoms with Gasteiger partial charge in [0, 0.05) is 0 Å². The van der Waals surface area contributed by atoms with Gasteiger partial charge in [0.15, 0.2) is 0 Å². The maximum atomic E-state index is 12.7. The van der Waals surface area contributed by atoms with Gasteiger partial charge in [-0.15, -0.1) is 0 Å². The summed E-state index contributed by atoms with van der Waals surface area (Å²) in [5, 5.41) is 2.75. The van der Waals surface area contributed by atoms with Gasteiger partial charge in [0.25, 0.3) is 5.91 Å². The minimum absolute atomic E-state index is 0.0237. The Morgan fingerprint density at radius 3 is 2.95 bits per heavy atom. The molecule has 3 N–H and O–H groups in total. The third-order valence-electron chi connectivity index (χ3n) is 3.35. The van der Waals surface area contributed by atoms with Crippen LogP contribution in [0.5, 0.6) is 0 Å². The van der Waals surface area contributed by atoms with E-state index in [0.717, 1.165) is 0 Å². The fourth-order valence-corrected chi connectivity index (χ4v) is 2.33. The molecule has 2 heterocycles. The van der Waals surface area contributed by atoms with Crippen molar-refractivity contribution >= 4 is 28.9 Å². The summed E-state index contributed by atoms with van der Waals surface area (Å²) in [5.41, 5.74) is 8.40. The molecule has 6 nitrogen and oxygen atoms in total. The predicted molar refractivity (Wildman–Crippen MR) is 80.1 cm³/mol. The van der Waals surface area contributed by atoms with Gasteiger partial charge in [-0.2, -0.15) is 0 Å². The smallest absolute Gasteiger partial charge is 0.260 e. The van der Waals surface area contributed by atoms with E-state index in [1.807, 2.05) is 6.07 Å². The van der Waals surface area contributed by atoms with Gasteiger partial charge in [0.1, 0.15) is 6.54 Å². The molecule has 6 heteroatoms. The van der Waals surface area contributed by atoms with Crippen LogP contribution in [-0.4, -0.2) is 23.3 Å². The second-order valence-electron chi connectivity index (χ2n) is 4.86. The van der Waals surface area contributed by atoms with E-state index in [0.29, 0.717) is 28.3 Å². The number of nitrogens with one attached hydrogen (secondary N) is 1. The number of benzene rings is 1. The van der Waals surface area contributed by atoms with Gasteiger partial charge in [-0.1, -0.05) is 12.1 Å². The molecule has 0 radical (unpaired) electrons. The molecule has 0 aliphatic carbocycles. The van der Waals surface area contributed by atoms with E-state index in [4.69, 9.17) is 5.73 Å². The van der Waals surface area contributed by atoms with E-state index in [2.05, 4.69) is 10.3 Å². The zero-order valence-electron chi connectivity index (χ0n) is 11.5. The molecular formula is C15H14N4O2. The van der Waals surface area contributed by atoms with E-state index < -0.39 is 0 Å². The van der Waals surface area contributed by atoms with Crippen molar-refractivity contribution in [2.75, 3.05) is 22.5 Å². The van der Waals surface area contributed by atoms with Crippen LogP contribution in [0, 0.1) is 6.92 Å². The lowest BCUT2D eigenvalue weighted by Gasteiger charge is -2.29. The molecule has 2 amide bonds. The Labute approximate surface area is 121 Å². The highest BCUT2D eigenvalue weighted by atomic mass is 16.2. The minimum Gasteiger partial charge on any atom is -0.397 e. The van der Waals surface area contributed by atoms with E-state index in [-0.39, 0.29) is 18.4 Å². The van der Waals surface area contributed by atoms with Gasteiger partial charge in [-0.3, -0.25) is 19.5 Å². The number of hydrogen-bond donors (Lipinski definition) is 2. The van der Waals surface area contributed by atoms with Gasteiger partial charge in [-0.25, -0.2) is 0 Å². The molecule has 0 bridgehead atoms. The predicted octanol–water partition coefficient (Wildman–Crippen LogP) is 1.57. The lowest BCUT2D eigenvalue weighted by molar-refractivity contribution is -0.115. The van der Waals surface area contributed by atoms with Crippen molar-refractivity contribution in [1.82, 2.24) is 4.98 Å². The molecular weight excluding hydrogens is 268 g/mol. The van der Waals surface area contributed by atoms with Crippen molar-refractivity contribution in [3.05, 3.63) is 47.8 Å². The first-order valence-electron chi connectivity index (χ1n) is 6.49. The number of para-hydroxylation sites is 2. The second kappa shape index (κ2) is 4.90. The Bertz CT molecular complexity index is 742. The van der Waals surface area contributed by atoms with Crippen LogP contribution in [0.2, 0.25) is 0 Å². The van der Waals surface area contributed by atoms with Crippen LogP contribution in [0.4, 0.5) is 17.1 Å². The highest BCUT2D eigenvalue weighted by molar-refractivity contribution is 6.15. The molecule has 1 aromatic carbocycles. The zero-order valence-corrected chi connectivity index (χ0v) is 11.5. The highest BCUT2D eigenvalue weighted by Gasteiger charge is 2.28. The number of anilines is 3. The summed E-state index contributed by atoms with van der Waals surface area (Å²) >= 11 is 0. The van der Waals surface area contributed by atoms with Crippen molar-refractivity contribution in [2.45, 2.75) is 6.92 Å². The molecule has 1 aliphatic heterocycles. The van der Waals surface area contributed by atoms with Gasteiger partial charge in [0.05, 0.1) is 34.5 Å². The van der Waals surface area contributed by atoms with Crippen molar-refractivity contribution in [3.63, 3.8) is 0 Å². The first-order chi connectivity index (χ1) is 10.1. The number of nitrogen functional groups attached to an aromatic ring is 1. The highest BCUT2D eigenvalue weighted by Crippen LogP contribution is 2.30. The Kier molecular flexibility index (Phi) is 3.06. The number of amides is 2. The number of fused-ring (bicyclic) bond motifs is 1. The number of hydrogen-bond acceptors (Lipinski definition) is 4. The fourth-order valence-electron chi connectivity index (χ4n) is 2.33. The molecule has 106 valence electrons. The normalized spacial score (nSPS) is 13.6. The lowest BCUT2D eigenvalue weighted by atomic mass is 10.1. The lowest BCUT2D eigenvalue weighted by Crippen LogP contribution is -2.42. The molecule has 0 saturated carbocycles. The van der Waals surface area contributed by atoms with Crippen molar-refractivity contribution < 1.29 is 9.59 Å². The molecule has 21 heavy (non-hydrogen) atoms. The monoisotopic (exact) mass is 282 g/mol. The molecule has 0 fully saturated rings. The number of rotatable bonds is 1. The summed E-state index contributed by atoms with van der Waals surface area (Å²) < 4.78 is 0. The molecule has 3 rings (SSSR count). The summed E-state index contributed by atoms with van der Waals surface area (Å²) in [6.07, 6.45) is 1.50. The Hall–Kier alpha value is -2.89. The number of nitrogens with two attached hydrogens (primary N) is 1. The van der Waals surface area contributed by atoms with E-state index >= 15 is 0 Å². The van der Waals surface area contributed by atoms with E-state index in [1.54, 1.807) is 31.2 Å². The third-order valence-corrected chi connectivity index (χ3v) is 3.35. The summed E-state index contributed by atoms with van der Waals surface area (Å²) in [7, 11) is 0. The Morgan fingerprint density at radius 2 is 2.14 bits per heavy atom. The largest absolute Gasteiger partial charge is 0.397 e. The van der Waals surface area contributed by atoms with Crippen LogP contribution in [0.1, 0.15) is 16.1 Å². The topological polar surface area (TPSA) is 88.3 Å². The molecule has 0 atom stereocenters. The summed E-state index contributed by atoms with van der Waals surface area (Å²) in [6, 6.07) is 8.76. The number of aryl methyl sites for hydroxylation is 1. The quantitative estimate of drug-likeness (QED) is 0.831. The van der Waals surface area contributed by atoms with Gasteiger partial charge in [-0.05, 0) is 25.1 Å². The zero-order chi connectivity index (χ0) is 15.0. The summed E-state index contributed by atoms with van der Waals surface area (Å²) in [4.78, 5) is 30.0. The van der Waals surface area contributed by atoms with Crippen LogP contribution in [0.3, 0.4) is 0 Å². The van der Waals surface area contributed by atoms with Gasteiger partial charge < -0.3 is 11.1 Å². The Balaban J connectivity index is 2.06. The van der Waals surface area contributed by atoms with Crippen molar-refractivity contribution in [3.8, 4) is 0 Å². The summed E-state index contributed by atoms with van der Waals surface area (Å²) in [5.74, 6) is -0.508. The number of carbonyl (C=O) groups excluding carboxylic acids is 2. The van der Waals surface area contributed by atoms with Gasteiger partial charge in [0.2, 0.25) is 5.91 Å². The number of nitrogens with zero attached hydrogens (tertiary/aromatic N) is 2. The van der Waals surface area contributed by atoms with Crippen molar-refractivity contribution in [2.24, 2.45) is 0 Å². The van der Waals surface area contributed by atoms with Crippen molar-refractivity contribution in [1.29, 1.82) is 0 Å². The fraction of sp³-hybridized carbons (Fsp3) is 0.133.